The predicted molar refractivity (Wildman–Crippen MR) is 77.5 cm³/mol. The van der Waals surface area contributed by atoms with Gasteiger partial charge in [-0.05, 0) is 44.9 Å². The quantitative estimate of drug-likeness (QED) is 0.858. The molecule has 0 aliphatic carbocycles. The molecule has 6 heteroatoms. The highest BCUT2D eigenvalue weighted by atomic mass is 32.2. The van der Waals surface area contributed by atoms with Crippen molar-refractivity contribution in [3.05, 3.63) is 29.3 Å². The minimum absolute atomic E-state index is 0.122. The first-order valence-corrected chi connectivity index (χ1v) is 8.30. The van der Waals surface area contributed by atoms with E-state index in [1.807, 2.05) is 0 Å². The van der Waals surface area contributed by atoms with Crippen LogP contribution in [-0.4, -0.2) is 37.8 Å². The number of sulfone groups is 1. The van der Waals surface area contributed by atoms with Crippen LogP contribution in [0.25, 0.3) is 0 Å². The number of rotatable bonds is 5. The molecule has 5 nitrogen and oxygen atoms in total. The van der Waals surface area contributed by atoms with Crippen LogP contribution in [0, 0.1) is 6.92 Å². The van der Waals surface area contributed by atoms with Gasteiger partial charge in [0.15, 0.2) is 9.84 Å². The molecule has 0 aliphatic heterocycles. The van der Waals surface area contributed by atoms with Crippen LogP contribution in [0.15, 0.2) is 23.1 Å². The summed E-state index contributed by atoms with van der Waals surface area (Å²) in [6, 6.07) is 4.30. The van der Waals surface area contributed by atoms with Crippen molar-refractivity contribution in [2.45, 2.75) is 44.2 Å². The zero-order valence-corrected chi connectivity index (χ0v) is 13.0. The molecule has 1 aromatic rings. The largest absolute Gasteiger partial charge is 0.393 e. The molecule has 1 aromatic carbocycles. The number of benzene rings is 1. The van der Waals surface area contributed by atoms with E-state index in [2.05, 4.69) is 5.32 Å². The topological polar surface area (TPSA) is 83.5 Å². The Morgan fingerprint density at radius 3 is 2.45 bits per heavy atom. The van der Waals surface area contributed by atoms with Crippen molar-refractivity contribution in [1.82, 2.24) is 5.32 Å². The molecule has 20 heavy (non-hydrogen) atoms. The van der Waals surface area contributed by atoms with Gasteiger partial charge in [-0.2, -0.15) is 0 Å². The smallest absolute Gasteiger partial charge is 0.251 e. The van der Waals surface area contributed by atoms with Gasteiger partial charge in [-0.1, -0.05) is 6.07 Å². The van der Waals surface area contributed by atoms with E-state index in [0.717, 1.165) is 6.26 Å². The SMILES string of the molecule is Cc1ccc(S(C)(=O)=O)cc1C(=O)NC(C)CC(C)O. The summed E-state index contributed by atoms with van der Waals surface area (Å²) < 4.78 is 23.0. The number of hydrogen-bond acceptors (Lipinski definition) is 4. The van der Waals surface area contributed by atoms with Crippen molar-refractivity contribution >= 4 is 15.7 Å². The fraction of sp³-hybridized carbons (Fsp3) is 0.500. The van der Waals surface area contributed by atoms with E-state index < -0.39 is 15.9 Å². The zero-order valence-electron chi connectivity index (χ0n) is 12.2. The Labute approximate surface area is 119 Å². The van der Waals surface area contributed by atoms with Crippen molar-refractivity contribution in [3.63, 3.8) is 0 Å². The van der Waals surface area contributed by atoms with Gasteiger partial charge in [0, 0.05) is 17.9 Å². The van der Waals surface area contributed by atoms with Gasteiger partial charge in [0.05, 0.1) is 11.0 Å². The van der Waals surface area contributed by atoms with Crippen molar-refractivity contribution in [2.75, 3.05) is 6.26 Å². The Hall–Kier alpha value is -1.40. The first-order valence-electron chi connectivity index (χ1n) is 6.41. The van der Waals surface area contributed by atoms with E-state index in [0.29, 0.717) is 17.5 Å². The summed E-state index contributed by atoms with van der Waals surface area (Å²) >= 11 is 0. The highest BCUT2D eigenvalue weighted by Crippen LogP contribution is 2.16. The van der Waals surface area contributed by atoms with Crippen LogP contribution in [-0.2, 0) is 9.84 Å². The summed E-state index contributed by atoms with van der Waals surface area (Å²) in [6.45, 7) is 5.19. The van der Waals surface area contributed by atoms with Crippen molar-refractivity contribution in [3.8, 4) is 0 Å². The van der Waals surface area contributed by atoms with Crippen LogP contribution in [0.2, 0.25) is 0 Å². The second-order valence-corrected chi connectivity index (χ2v) is 7.22. The van der Waals surface area contributed by atoms with E-state index in [1.165, 1.54) is 12.1 Å². The van der Waals surface area contributed by atoms with E-state index in [1.54, 1.807) is 26.8 Å². The number of hydrogen-bond donors (Lipinski definition) is 2. The molecule has 0 saturated carbocycles. The Kier molecular flexibility index (Phi) is 5.30. The fourth-order valence-electron chi connectivity index (χ4n) is 1.95. The molecule has 1 amide bonds. The molecule has 0 radical (unpaired) electrons. The van der Waals surface area contributed by atoms with Gasteiger partial charge >= 0.3 is 0 Å². The van der Waals surface area contributed by atoms with Gasteiger partial charge in [0.25, 0.3) is 5.91 Å². The summed E-state index contributed by atoms with van der Waals surface area (Å²) in [4.78, 5) is 12.3. The number of aliphatic hydroxyl groups is 1. The van der Waals surface area contributed by atoms with E-state index >= 15 is 0 Å². The molecule has 0 fully saturated rings. The molecule has 2 unspecified atom stereocenters. The third kappa shape index (κ3) is 4.61. The second-order valence-electron chi connectivity index (χ2n) is 5.21. The van der Waals surface area contributed by atoms with Crippen molar-refractivity contribution in [1.29, 1.82) is 0 Å². The van der Waals surface area contributed by atoms with Crippen LogP contribution >= 0.6 is 0 Å². The molecule has 2 atom stereocenters. The summed E-state index contributed by atoms with van der Waals surface area (Å²) in [5.41, 5.74) is 1.05. The first kappa shape index (κ1) is 16.7. The third-order valence-electron chi connectivity index (χ3n) is 2.95. The van der Waals surface area contributed by atoms with Crippen LogP contribution in [0.1, 0.15) is 36.2 Å². The fourth-order valence-corrected chi connectivity index (χ4v) is 2.60. The molecule has 0 spiro atoms. The molecular weight excluding hydrogens is 278 g/mol. The predicted octanol–water partition coefficient (Wildman–Crippen LogP) is 1.29. The molecule has 0 saturated heterocycles. The summed E-state index contributed by atoms with van der Waals surface area (Å²) in [7, 11) is -3.34. The molecule has 1 rings (SSSR count). The lowest BCUT2D eigenvalue weighted by Gasteiger charge is -2.16. The summed E-state index contributed by atoms with van der Waals surface area (Å²) in [5.74, 6) is -0.332. The van der Waals surface area contributed by atoms with Crippen LogP contribution in [0.4, 0.5) is 0 Å². The van der Waals surface area contributed by atoms with Gasteiger partial charge in [-0.15, -0.1) is 0 Å². The normalized spacial score (nSPS) is 14.7. The van der Waals surface area contributed by atoms with E-state index in [4.69, 9.17) is 0 Å². The maximum Gasteiger partial charge on any atom is 0.251 e. The van der Waals surface area contributed by atoms with Gasteiger partial charge in [0.2, 0.25) is 0 Å². The Balaban J connectivity index is 2.98. The Bertz CT molecular complexity index is 593. The monoisotopic (exact) mass is 299 g/mol. The molecule has 0 bridgehead atoms. The average molecular weight is 299 g/mol. The van der Waals surface area contributed by atoms with Gasteiger partial charge < -0.3 is 10.4 Å². The number of aliphatic hydroxyl groups excluding tert-OH is 1. The number of carbonyl (C=O) groups excluding carboxylic acids is 1. The first-order chi connectivity index (χ1) is 9.11. The minimum Gasteiger partial charge on any atom is -0.393 e. The van der Waals surface area contributed by atoms with E-state index in [-0.39, 0.29) is 16.8 Å². The summed E-state index contributed by atoms with van der Waals surface area (Å²) in [6.07, 6.45) is 1.04. The molecule has 112 valence electrons. The Morgan fingerprint density at radius 2 is 1.95 bits per heavy atom. The average Bonchev–Trinajstić information content (AvgIpc) is 2.26. The van der Waals surface area contributed by atoms with E-state index in [9.17, 15) is 18.3 Å². The highest BCUT2D eigenvalue weighted by Gasteiger charge is 2.16. The van der Waals surface area contributed by atoms with Gasteiger partial charge in [0.1, 0.15) is 0 Å². The van der Waals surface area contributed by atoms with Crippen LogP contribution in [0.3, 0.4) is 0 Å². The number of amides is 1. The maximum absolute atomic E-state index is 12.1. The van der Waals surface area contributed by atoms with Gasteiger partial charge in [-0.25, -0.2) is 8.42 Å². The molecule has 2 N–H and O–H groups in total. The summed E-state index contributed by atoms with van der Waals surface area (Å²) in [5, 5.41) is 12.0. The lowest BCUT2D eigenvalue weighted by Crippen LogP contribution is -2.35. The lowest BCUT2D eigenvalue weighted by molar-refractivity contribution is 0.0922. The van der Waals surface area contributed by atoms with Crippen LogP contribution < -0.4 is 5.32 Å². The lowest BCUT2D eigenvalue weighted by atomic mass is 10.1. The molecule has 0 aliphatic rings. The standard InChI is InChI=1S/C14H21NO4S/c1-9-5-6-12(20(4,18)19)8-13(9)14(17)15-10(2)7-11(3)16/h5-6,8,10-11,16H,7H2,1-4H3,(H,15,17). The van der Waals surface area contributed by atoms with Crippen LogP contribution in [0.5, 0.6) is 0 Å². The third-order valence-corrected chi connectivity index (χ3v) is 4.06. The maximum atomic E-state index is 12.1. The number of carbonyl (C=O) groups is 1. The molecule has 0 heterocycles. The zero-order chi connectivity index (χ0) is 15.5. The Morgan fingerprint density at radius 1 is 1.35 bits per heavy atom. The number of nitrogens with one attached hydrogen (secondary N) is 1. The number of aryl methyl sites for hydroxylation is 1. The molecular formula is C14H21NO4S. The van der Waals surface area contributed by atoms with Crippen molar-refractivity contribution in [2.24, 2.45) is 0 Å². The second kappa shape index (κ2) is 6.37. The minimum atomic E-state index is -3.34. The van der Waals surface area contributed by atoms with Gasteiger partial charge in [-0.3, -0.25) is 4.79 Å². The van der Waals surface area contributed by atoms with Crippen molar-refractivity contribution < 1.29 is 18.3 Å². The highest BCUT2D eigenvalue weighted by molar-refractivity contribution is 7.90. The molecule has 0 aromatic heterocycles.